The fraction of sp³-hybridized carbons (Fsp3) is 0.0130. The van der Waals surface area contributed by atoms with E-state index in [0.29, 0.717) is 0 Å². The van der Waals surface area contributed by atoms with Crippen molar-refractivity contribution in [3.63, 3.8) is 0 Å². The van der Waals surface area contributed by atoms with E-state index in [-0.39, 0.29) is 0 Å². The number of hydrogen-bond acceptors (Lipinski definition) is 1. The summed E-state index contributed by atoms with van der Waals surface area (Å²) in [6.07, 6.45) is 0.941. The standard InChI is InChI=1S/C77H46O/c1-2-17-49-40-53(31-28-46(49)14-1)75-62-23-8-7-22-61(62)74(56-36-39-72-68(45-56)59-21-11-12-27-71(59)78-72)65-37-34-50(42-69(65)75)51-35-38-66-70(43-51)76(55-33-30-52-41-54-32-29-48-16-4-6-20-58(48)73(54)67(52)44-55)63-24-9-10-25-64(63)77(66)60-26-13-18-47-15-3-5-19-57(47)60/h1-40,42-45H,41H2. The molecule has 0 unspecified atom stereocenters. The summed E-state index contributed by atoms with van der Waals surface area (Å²) in [6, 6.07) is 99.9. The van der Waals surface area contributed by atoms with Crippen LogP contribution in [0.25, 0.3) is 164 Å². The van der Waals surface area contributed by atoms with Crippen molar-refractivity contribution in [2.24, 2.45) is 0 Å². The third-order valence-corrected chi connectivity index (χ3v) is 17.2. The van der Waals surface area contributed by atoms with E-state index in [9.17, 15) is 0 Å². The quantitative estimate of drug-likeness (QED) is 0.157. The molecule has 0 radical (unpaired) electrons. The zero-order valence-electron chi connectivity index (χ0n) is 42.5. The Labute approximate surface area is 450 Å². The van der Waals surface area contributed by atoms with Gasteiger partial charge in [-0.25, -0.2) is 0 Å². The molecule has 78 heavy (non-hydrogen) atoms. The van der Waals surface area contributed by atoms with Gasteiger partial charge in [0, 0.05) is 10.8 Å². The summed E-state index contributed by atoms with van der Waals surface area (Å²) in [5, 5.41) is 19.6. The highest BCUT2D eigenvalue weighted by atomic mass is 16.3. The molecule has 0 N–H and O–H groups in total. The van der Waals surface area contributed by atoms with Gasteiger partial charge >= 0.3 is 0 Å². The molecule has 0 amide bonds. The van der Waals surface area contributed by atoms with Crippen molar-refractivity contribution < 1.29 is 4.42 Å². The predicted molar refractivity (Wildman–Crippen MR) is 332 cm³/mol. The average Bonchev–Trinajstić information content (AvgIpc) is 4.20. The highest BCUT2D eigenvalue weighted by Crippen LogP contribution is 2.51. The van der Waals surface area contributed by atoms with E-state index in [1.54, 1.807) is 0 Å². The van der Waals surface area contributed by atoms with Crippen LogP contribution in [0.1, 0.15) is 11.1 Å². The Morgan fingerprint density at radius 2 is 0.654 bits per heavy atom. The largest absolute Gasteiger partial charge is 0.456 e. The zero-order chi connectivity index (χ0) is 51.0. The van der Waals surface area contributed by atoms with Gasteiger partial charge in [-0.2, -0.15) is 0 Å². The molecule has 16 aromatic rings. The summed E-state index contributed by atoms with van der Waals surface area (Å²) in [6.45, 7) is 0. The van der Waals surface area contributed by atoms with Crippen LogP contribution in [-0.2, 0) is 6.42 Å². The molecule has 1 aliphatic carbocycles. The van der Waals surface area contributed by atoms with Gasteiger partial charge in [-0.05, 0) is 202 Å². The maximum Gasteiger partial charge on any atom is 0.135 e. The number of para-hydroxylation sites is 1. The summed E-state index contributed by atoms with van der Waals surface area (Å²) in [5.41, 5.74) is 19.5. The summed E-state index contributed by atoms with van der Waals surface area (Å²) in [5.74, 6) is 0. The first-order chi connectivity index (χ1) is 38.7. The third kappa shape index (κ3) is 6.43. The van der Waals surface area contributed by atoms with Crippen molar-refractivity contribution in [2.75, 3.05) is 0 Å². The van der Waals surface area contributed by atoms with Gasteiger partial charge < -0.3 is 4.42 Å². The molecule has 17 rings (SSSR count). The van der Waals surface area contributed by atoms with E-state index < -0.39 is 0 Å². The first-order valence-electron chi connectivity index (χ1n) is 27.2. The highest BCUT2D eigenvalue weighted by molar-refractivity contribution is 6.26. The molecule has 1 aromatic heterocycles. The Balaban J connectivity index is 0.954. The van der Waals surface area contributed by atoms with Crippen LogP contribution in [0.4, 0.5) is 0 Å². The monoisotopic (exact) mass is 986 g/mol. The molecule has 0 spiro atoms. The lowest BCUT2D eigenvalue weighted by atomic mass is 9.82. The average molecular weight is 987 g/mol. The number of fused-ring (bicyclic) bond motifs is 14. The normalized spacial score (nSPS) is 12.3. The molecule has 0 saturated carbocycles. The van der Waals surface area contributed by atoms with Crippen molar-refractivity contribution in [1.82, 2.24) is 0 Å². The molecule has 0 atom stereocenters. The van der Waals surface area contributed by atoms with Crippen molar-refractivity contribution in [2.45, 2.75) is 6.42 Å². The van der Waals surface area contributed by atoms with Crippen LogP contribution in [0.3, 0.4) is 0 Å². The summed E-state index contributed by atoms with van der Waals surface area (Å²) < 4.78 is 6.39. The van der Waals surface area contributed by atoms with Crippen LogP contribution in [0, 0.1) is 0 Å². The van der Waals surface area contributed by atoms with E-state index in [4.69, 9.17) is 4.42 Å². The van der Waals surface area contributed by atoms with Crippen molar-refractivity contribution in [3.8, 4) is 66.8 Å². The van der Waals surface area contributed by atoms with Crippen molar-refractivity contribution >= 4 is 97.3 Å². The first-order valence-corrected chi connectivity index (χ1v) is 27.2. The highest BCUT2D eigenvalue weighted by Gasteiger charge is 2.25. The number of hydrogen-bond donors (Lipinski definition) is 0. The summed E-state index contributed by atoms with van der Waals surface area (Å²) in [4.78, 5) is 0. The SMILES string of the molecule is c1ccc2cc(-c3c4ccccc4c(-c4ccc5oc6ccccc6c5c4)c4ccc(-c5ccc6c(-c7cccc8ccccc78)c7ccccc7c(-c7ccc8c(c7)-c7c(ccc9ccccc79)C8)c6c5)cc34)ccc2c1. The smallest absolute Gasteiger partial charge is 0.135 e. The minimum absolute atomic E-state index is 0.897. The van der Waals surface area contributed by atoms with Crippen LogP contribution in [0.15, 0.2) is 271 Å². The summed E-state index contributed by atoms with van der Waals surface area (Å²) in [7, 11) is 0. The van der Waals surface area contributed by atoms with E-state index >= 15 is 0 Å². The second-order valence-corrected chi connectivity index (χ2v) is 21.4. The molecule has 0 aliphatic heterocycles. The Morgan fingerprint density at radius 3 is 1.38 bits per heavy atom. The first kappa shape index (κ1) is 43.2. The molecule has 15 aromatic carbocycles. The predicted octanol–water partition coefficient (Wildman–Crippen LogP) is 21.6. The van der Waals surface area contributed by atoms with E-state index in [1.165, 1.54) is 153 Å². The van der Waals surface area contributed by atoms with Gasteiger partial charge in [0.25, 0.3) is 0 Å². The Hall–Kier alpha value is -10.1. The lowest BCUT2D eigenvalue weighted by Crippen LogP contribution is -1.94. The van der Waals surface area contributed by atoms with E-state index in [0.717, 1.165) is 28.4 Å². The minimum atomic E-state index is 0.897. The van der Waals surface area contributed by atoms with Gasteiger partial charge in [0.2, 0.25) is 0 Å². The molecule has 0 fully saturated rings. The number of rotatable bonds is 5. The van der Waals surface area contributed by atoms with Crippen LogP contribution in [-0.4, -0.2) is 0 Å². The lowest BCUT2D eigenvalue weighted by molar-refractivity contribution is 0.669. The van der Waals surface area contributed by atoms with Crippen LogP contribution >= 0.6 is 0 Å². The van der Waals surface area contributed by atoms with Crippen LogP contribution in [0.2, 0.25) is 0 Å². The molecule has 0 bridgehead atoms. The van der Waals surface area contributed by atoms with Crippen LogP contribution in [0.5, 0.6) is 0 Å². The van der Waals surface area contributed by atoms with E-state index in [2.05, 4.69) is 261 Å². The summed E-state index contributed by atoms with van der Waals surface area (Å²) >= 11 is 0. The second-order valence-electron chi connectivity index (χ2n) is 21.4. The Bertz CT molecular complexity index is 5240. The van der Waals surface area contributed by atoms with Gasteiger partial charge in [0.1, 0.15) is 11.2 Å². The Morgan fingerprint density at radius 1 is 0.205 bits per heavy atom. The fourth-order valence-corrected chi connectivity index (χ4v) is 13.7. The van der Waals surface area contributed by atoms with Gasteiger partial charge in [0.15, 0.2) is 0 Å². The number of furan rings is 1. The van der Waals surface area contributed by atoms with Gasteiger partial charge in [-0.15, -0.1) is 0 Å². The molecule has 1 heteroatoms. The lowest BCUT2D eigenvalue weighted by Gasteiger charge is -2.21. The van der Waals surface area contributed by atoms with E-state index in [1.807, 2.05) is 6.07 Å². The zero-order valence-corrected chi connectivity index (χ0v) is 42.5. The van der Waals surface area contributed by atoms with Crippen molar-refractivity contribution in [1.29, 1.82) is 0 Å². The molecule has 1 heterocycles. The van der Waals surface area contributed by atoms with Gasteiger partial charge in [-0.1, -0.05) is 224 Å². The van der Waals surface area contributed by atoms with Crippen LogP contribution < -0.4 is 0 Å². The Kier molecular flexibility index (Phi) is 9.25. The van der Waals surface area contributed by atoms with Gasteiger partial charge in [0.05, 0.1) is 0 Å². The molecule has 0 saturated heterocycles. The third-order valence-electron chi connectivity index (χ3n) is 17.2. The van der Waals surface area contributed by atoms with Crippen molar-refractivity contribution in [3.05, 3.63) is 278 Å². The number of benzene rings is 15. The molecular weight excluding hydrogens is 941 g/mol. The van der Waals surface area contributed by atoms with Gasteiger partial charge in [-0.3, -0.25) is 0 Å². The molecular formula is C77H46O. The maximum absolute atomic E-state index is 6.39. The minimum Gasteiger partial charge on any atom is -0.456 e. The second kappa shape index (κ2) is 16.7. The molecule has 1 aliphatic rings. The fourth-order valence-electron chi connectivity index (χ4n) is 13.7. The molecule has 1 nitrogen and oxygen atoms in total. The molecule has 360 valence electrons. The maximum atomic E-state index is 6.39. The topological polar surface area (TPSA) is 13.1 Å².